The van der Waals surface area contributed by atoms with Gasteiger partial charge in [-0.2, -0.15) is 0 Å². The predicted molar refractivity (Wildman–Crippen MR) is 124 cm³/mol. The fraction of sp³-hybridized carbons (Fsp3) is 0.750. The van der Waals surface area contributed by atoms with Crippen LogP contribution >= 0.6 is 0 Å². The molecule has 0 saturated heterocycles. The SMILES string of the molecule is Cc1nccn1CCCCN(C)[C@@H]1CCCC[C@H]1N(C)CCCCn1ccnc1C. The molecule has 1 aliphatic rings. The third kappa shape index (κ3) is 6.42. The quantitative estimate of drug-likeness (QED) is 0.490. The summed E-state index contributed by atoms with van der Waals surface area (Å²) in [6, 6.07) is 1.41. The molecule has 0 bridgehead atoms. The summed E-state index contributed by atoms with van der Waals surface area (Å²) in [5.74, 6) is 2.25. The Morgan fingerprint density at radius 1 is 0.767 bits per heavy atom. The van der Waals surface area contributed by atoms with Crippen molar-refractivity contribution in [2.24, 2.45) is 0 Å². The van der Waals surface area contributed by atoms with E-state index in [1.807, 2.05) is 12.4 Å². The molecule has 1 saturated carbocycles. The number of aromatic nitrogens is 4. The lowest BCUT2D eigenvalue weighted by Gasteiger charge is -2.42. The maximum atomic E-state index is 4.33. The van der Waals surface area contributed by atoms with Crippen LogP contribution < -0.4 is 0 Å². The third-order valence-electron chi connectivity index (χ3n) is 6.99. The van der Waals surface area contributed by atoms with Crippen LogP contribution in [-0.4, -0.2) is 68.2 Å². The maximum absolute atomic E-state index is 4.33. The molecular formula is C24H42N6. The Labute approximate surface area is 183 Å². The van der Waals surface area contributed by atoms with Crippen molar-refractivity contribution < 1.29 is 0 Å². The summed E-state index contributed by atoms with van der Waals surface area (Å²) in [5, 5.41) is 0. The van der Waals surface area contributed by atoms with E-state index in [0.29, 0.717) is 12.1 Å². The van der Waals surface area contributed by atoms with Gasteiger partial charge >= 0.3 is 0 Å². The molecule has 0 amide bonds. The molecule has 6 nitrogen and oxygen atoms in total. The van der Waals surface area contributed by atoms with E-state index >= 15 is 0 Å². The summed E-state index contributed by atoms with van der Waals surface area (Å²) < 4.78 is 4.53. The number of likely N-dealkylation sites (N-methyl/N-ethyl adjacent to an activating group) is 2. The molecule has 3 rings (SSSR count). The van der Waals surface area contributed by atoms with Gasteiger partial charge < -0.3 is 18.9 Å². The lowest BCUT2D eigenvalue weighted by molar-refractivity contribution is 0.0753. The van der Waals surface area contributed by atoms with Crippen LogP contribution in [0.4, 0.5) is 0 Å². The molecule has 0 aliphatic heterocycles. The van der Waals surface area contributed by atoms with Gasteiger partial charge in [-0.05, 0) is 79.6 Å². The van der Waals surface area contributed by atoms with Crippen molar-refractivity contribution in [3.63, 3.8) is 0 Å². The largest absolute Gasteiger partial charge is 0.335 e. The summed E-state index contributed by atoms with van der Waals surface area (Å²) >= 11 is 0. The van der Waals surface area contributed by atoms with E-state index in [2.05, 4.69) is 69.2 Å². The highest BCUT2D eigenvalue weighted by Gasteiger charge is 2.30. The highest BCUT2D eigenvalue weighted by atomic mass is 15.2. The van der Waals surface area contributed by atoms with Crippen LogP contribution in [0.25, 0.3) is 0 Å². The molecule has 0 radical (unpaired) electrons. The molecule has 168 valence electrons. The number of aryl methyl sites for hydroxylation is 4. The van der Waals surface area contributed by atoms with Crippen molar-refractivity contribution >= 4 is 0 Å². The Morgan fingerprint density at radius 2 is 1.20 bits per heavy atom. The first kappa shape index (κ1) is 23.0. The van der Waals surface area contributed by atoms with Gasteiger partial charge in [0.25, 0.3) is 0 Å². The number of rotatable bonds is 12. The van der Waals surface area contributed by atoms with Crippen molar-refractivity contribution in [3.05, 3.63) is 36.4 Å². The Hall–Kier alpha value is -1.66. The van der Waals surface area contributed by atoms with Gasteiger partial charge in [-0.1, -0.05) is 12.8 Å². The monoisotopic (exact) mass is 414 g/mol. The molecule has 0 N–H and O–H groups in total. The second kappa shape index (κ2) is 11.7. The minimum absolute atomic E-state index is 0.703. The third-order valence-corrected chi connectivity index (χ3v) is 6.99. The molecule has 0 unspecified atom stereocenters. The van der Waals surface area contributed by atoms with Gasteiger partial charge in [-0.25, -0.2) is 9.97 Å². The zero-order chi connectivity index (χ0) is 21.3. The molecule has 1 aliphatic carbocycles. The summed E-state index contributed by atoms with van der Waals surface area (Å²) in [5.41, 5.74) is 0. The fourth-order valence-electron chi connectivity index (χ4n) is 5.02. The van der Waals surface area contributed by atoms with Gasteiger partial charge in [0, 0.05) is 50.0 Å². The van der Waals surface area contributed by atoms with Crippen molar-refractivity contribution in [1.29, 1.82) is 0 Å². The summed E-state index contributed by atoms with van der Waals surface area (Å²) in [7, 11) is 4.70. The second-order valence-corrected chi connectivity index (χ2v) is 9.13. The smallest absolute Gasteiger partial charge is 0.105 e. The maximum Gasteiger partial charge on any atom is 0.105 e. The first-order valence-corrected chi connectivity index (χ1v) is 11.9. The van der Waals surface area contributed by atoms with Crippen LogP contribution in [0.3, 0.4) is 0 Å². The average Bonchev–Trinajstić information content (AvgIpc) is 3.36. The Morgan fingerprint density at radius 3 is 1.57 bits per heavy atom. The topological polar surface area (TPSA) is 42.1 Å². The highest BCUT2D eigenvalue weighted by molar-refractivity contribution is 4.90. The van der Waals surface area contributed by atoms with Crippen LogP contribution in [0, 0.1) is 13.8 Å². The first-order chi connectivity index (χ1) is 14.6. The first-order valence-electron chi connectivity index (χ1n) is 11.9. The van der Waals surface area contributed by atoms with Gasteiger partial charge in [-0.15, -0.1) is 0 Å². The zero-order valence-corrected chi connectivity index (χ0v) is 19.6. The predicted octanol–water partition coefficient (Wildman–Crippen LogP) is 4.13. The summed E-state index contributed by atoms with van der Waals surface area (Å²) in [6.45, 7) is 8.75. The highest BCUT2D eigenvalue weighted by Crippen LogP contribution is 2.26. The van der Waals surface area contributed by atoms with Crippen LogP contribution in [0.2, 0.25) is 0 Å². The van der Waals surface area contributed by atoms with Crippen LogP contribution in [-0.2, 0) is 13.1 Å². The number of unbranched alkanes of at least 4 members (excludes halogenated alkanes) is 2. The zero-order valence-electron chi connectivity index (χ0n) is 19.6. The Bertz CT molecular complexity index is 673. The molecule has 1 fully saturated rings. The second-order valence-electron chi connectivity index (χ2n) is 9.13. The van der Waals surface area contributed by atoms with E-state index in [0.717, 1.165) is 24.7 Å². The van der Waals surface area contributed by atoms with Crippen molar-refractivity contribution in [1.82, 2.24) is 28.9 Å². The van der Waals surface area contributed by atoms with E-state index in [1.54, 1.807) is 0 Å². The Kier molecular flexibility index (Phi) is 8.94. The lowest BCUT2D eigenvalue weighted by Crippen LogP contribution is -2.51. The molecule has 0 spiro atoms. The molecular weight excluding hydrogens is 372 g/mol. The van der Waals surface area contributed by atoms with Gasteiger partial charge in [-0.3, -0.25) is 0 Å². The van der Waals surface area contributed by atoms with Gasteiger partial charge in [0.2, 0.25) is 0 Å². The van der Waals surface area contributed by atoms with E-state index < -0.39 is 0 Å². The van der Waals surface area contributed by atoms with Crippen LogP contribution in [0.5, 0.6) is 0 Å². The molecule has 2 atom stereocenters. The van der Waals surface area contributed by atoms with Crippen molar-refractivity contribution in [3.8, 4) is 0 Å². The molecule has 6 heteroatoms. The average molecular weight is 415 g/mol. The number of hydrogen-bond acceptors (Lipinski definition) is 4. The molecule has 2 heterocycles. The van der Waals surface area contributed by atoms with Crippen LogP contribution in [0.1, 0.15) is 63.0 Å². The van der Waals surface area contributed by atoms with Crippen molar-refractivity contribution in [2.75, 3.05) is 27.2 Å². The van der Waals surface area contributed by atoms with E-state index in [4.69, 9.17) is 0 Å². The molecule has 2 aromatic heterocycles. The van der Waals surface area contributed by atoms with Crippen molar-refractivity contribution in [2.45, 2.75) is 90.4 Å². The minimum atomic E-state index is 0.703. The standard InChI is InChI=1S/C24H42N6/c1-21-25-13-19-29(21)17-9-7-15-27(3)23-11-5-6-12-24(23)28(4)16-8-10-18-30-20-14-26-22(30)2/h13-14,19-20,23-24H,5-12,15-18H2,1-4H3/t23-,24-/m1/s1. The number of imidazole rings is 2. The molecule has 30 heavy (non-hydrogen) atoms. The van der Waals surface area contributed by atoms with E-state index in [-0.39, 0.29) is 0 Å². The van der Waals surface area contributed by atoms with Gasteiger partial charge in [0.1, 0.15) is 11.6 Å². The Balaban J connectivity index is 1.39. The van der Waals surface area contributed by atoms with E-state index in [9.17, 15) is 0 Å². The van der Waals surface area contributed by atoms with Crippen LogP contribution in [0.15, 0.2) is 24.8 Å². The molecule has 2 aromatic rings. The fourth-order valence-corrected chi connectivity index (χ4v) is 5.02. The summed E-state index contributed by atoms with van der Waals surface area (Å²) in [4.78, 5) is 13.9. The van der Waals surface area contributed by atoms with Gasteiger partial charge in [0.15, 0.2) is 0 Å². The number of hydrogen-bond donors (Lipinski definition) is 0. The summed E-state index contributed by atoms with van der Waals surface area (Å²) in [6.07, 6.45) is 18.4. The lowest BCUT2D eigenvalue weighted by atomic mass is 9.88. The van der Waals surface area contributed by atoms with Gasteiger partial charge in [0.05, 0.1) is 0 Å². The number of nitrogens with zero attached hydrogens (tertiary/aromatic N) is 6. The normalized spacial score (nSPS) is 19.8. The minimum Gasteiger partial charge on any atom is -0.335 e. The molecule has 0 aromatic carbocycles. The van der Waals surface area contributed by atoms with E-state index in [1.165, 1.54) is 64.5 Å².